The summed E-state index contributed by atoms with van der Waals surface area (Å²) in [5.74, 6) is 0.145. The zero-order valence-electron chi connectivity index (χ0n) is 8.22. The molecule has 0 rings (SSSR count). The highest BCUT2D eigenvalue weighted by molar-refractivity contribution is 5.84. The van der Waals surface area contributed by atoms with E-state index in [2.05, 4.69) is 6.58 Å². The Hall–Kier alpha value is -0.630. The zero-order valence-corrected chi connectivity index (χ0v) is 8.22. The molecular formula is C10H18O2. The second-order valence-electron chi connectivity index (χ2n) is 3.80. The van der Waals surface area contributed by atoms with Crippen molar-refractivity contribution in [2.75, 3.05) is 13.2 Å². The van der Waals surface area contributed by atoms with Gasteiger partial charge in [0.15, 0.2) is 5.78 Å². The summed E-state index contributed by atoms with van der Waals surface area (Å²) >= 11 is 0. The average Bonchev–Trinajstić information content (AvgIpc) is 1.96. The van der Waals surface area contributed by atoms with E-state index in [0.717, 1.165) is 6.42 Å². The molecule has 0 atom stereocenters. The van der Waals surface area contributed by atoms with E-state index < -0.39 is 0 Å². The third-order valence-corrected chi connectivity index (χ3v) is 1.54. The number of rotatable bonds is 5. The molecule has 12 heavy (non-hydrogen) atoms. The van der Waals surface area contributed by atoms with Crippen LogP contribution in [0.25, 0.3) is 0 Å². The van der Waals surface area contributed by atoms with Crippen LogP contribution in [-0.4, -0.2) is 19.0 Å². The van der Waals surface area contributed by atoms with Gasteiger partial charge in [0.05, 0.1) is 6.61 Å². The van der Waals surface area contributed by atoms with Crippen LogP contribution in [-0.2, 0) is 9.53 Å². The van der Waals surface area contributed by atoms with Crippen LogP contribution >= 0.6 is 0 Å². The molecule has 70 valence electrons. The molecule has 0 unspecified atom stereocenters. The summed E-state index contributed by atoms with van der Waals surface area (Å²) in [5, 5.41) is 0. The Morgan fingerprint density at radius 2 is 2.08 bits per heavy atom. The molecule has 0 spiro atoms. The van der Waals surface area contributed by atoms with Gasteiger partial charge in [-0.1, -0.05) is 26.8 Å². The molecule has 0 heterocycles. The van der Waals surface area contributed by atoms with Crippen LogP contribution in [0.2, 0.25) is 0 Å². The van der Waals surface area contributed by atoms with Crippen molar-refractivity contribution >= 4 is 5.78 Å². The quantitative estimate of drug-likeness (QED) is 0.467. The summed E-state index contributed by atoms with van der Waals surface area (Å²) in [5.41, 5.74) is -0.284. The molecule has 0 saturated carbocycles. The van der Waals surface area contributed by atoms with Gasteiger partial charge in [-0.25, -0.2) is 0 Å². The lowest BCUT2D eigenvalue weighted by molar-refractivity contribution is -0.131. The lowest BCUT2D eigenvalue weighted by atomic mass is 9.91. The highest BCUT2D eigenvalue weighted by Crippen LogP contribution is 2.14. The Bertz CT molecular complexity index is 154. The Balaban J connectivity index is 3.51. The van der Waals surface area contributed by atoms with Crippen molar-refractivity contribution in [3.05, 3.63) is 12.7 Å². The first-order valence-electron chi connectivity index (χ1n) is 4.20. The van der Waals surface area contributed by atoms with E-state index in [-0.39, 0.29) is 17.8 Å². The number of ketones is 1. The lowest BCUT2D eigenvalue weighted by Gasteiger charge is -2.15. The van der Waals surface area contributed by atoms with Gasteiger partial charge < -0.3 is 4.74 Å². The van der Waals surface area contributed by atoms with Crippen LogP contribution < -0.4 is 0 Å². The van der Waals surface area contributed by atoms with Crippen LogP contribution in [0, 0.1) is 5.41 Å². The number of hydrogen-bond donors (Lipinski definition) is 0. The van der Waals surface area contributed by atoms with Crippen molar-refractivity contribution in [3.8, 4) is 0 Å². The molecule has 2 heteroatoms. The first-order chi connectivity index (χ1) is 5.48. The minimum Gasteiger partial charge on any atom is -0.373 e. The summed E-state index contributed by atoms with van der Waals surface area (Å²) < 4.78 is 5.14. The van der Waals surface area contributed by atoms with E-state index in [9.17, 15) is 4.79 Å². The number of ether oxygens (including phenoxy) is 1. The second-order valence-corrected chi connectivity index (χ2v) is 3.80. The maximum absolute atomic E-state index is 11.3. The van der Waals surface area contributed by atoms with Gasteiger partial charge in [-0.15, -0.1) is 6.58 Å². The molecule has 0 saturated heterocycles. The molecular weight excluding hydrogens is 152 g/mol. The second kappa shape index (κ2) is 5.09. The van der Waals surface area contributed by atoms with Crippen molar-refractivity contribution < 1.29 is 9.53 Å². The van der Waals surface area contributed by atoms with E-state index >= 15 is 0 Å². The fraction of sp³-hybridized carbons (Fsp3) is 0.700. The van der Waals surface area contributed by atoms with Gasteiger partial charge in [0.25, 0.3) is 0 Å². The number of carbonyl (C=O) groups excluding carboxylic acids is 1. The monoisotopic (exact) mass is 170 g/mol. The van der Waals surface area contributed by atoms with Gasteiger partial charge in [0, 0.05) is 5.41 Å². The molecule has 0 fully saturated rings. The molecule has 2 nitrogen and oxygen atoms in total. The summed E-state index contributed by atoms with van der Waals surface area (Å²) in [6.45, 7) is 10.1. The lowest BCUT2D eigenvalue weighted by Crippen LogP contribution is -2.25. The highest BCUT2D eigenvalue weighted by atomic mass is 16.5. The van der Waals surface area contributed by atoms with E-state index in [0.29, 0.717) is 6.61 Å². The number of hydrogen-bond acceptors (Lipinski definition) is 2. The fourth-order valence-electron chi connectivity index (χ4n) is 0.548. The average molecular weight is 170 g/mol. The number of carbonyl (C=O) groups is 1. The zero-order chi connectivity index (χ0) is 9.61. The van der Waals surface area contributed by atoms with E-state index in [1.54, 1.807) is 6.08 Å². The van der Waals surface area contributed by atoms with Gasteiger partial charge in [-0.2, -0.15) is 0 Å². The van der Waals surface area contributed by atoms with Crippen LogP contribution in [0.3, 0.4) is 0 Å². The topological polar surface area (TPSA) is 26.3 Å². The van der Waals surface area contributed by atoms with Gasteiger partial charge in [-0.3, -0.25) is 4.79 Å². The summed E-state index contributed by atoms with van der Waals surface area (Å²) in [6, 6.07) is 0. The van der Waals surface area contributed by atoms with Crippen LogP contribution in [0.1, 0.15) is 27.2 Å². The molecule has 0 aliphatic carbocycles. The first kappa shape index (κ1) is 11.4. The van der Waals surface area contributed by atoms with Crippen LogP contribution in [0.5, 0.6) is 0 Å². The van der Waals surface area contributed by atoms with E-state index in [4.69, 9.17) is 4.74 Å². The largest absolute Gasteiger partial charge is 0.373 e. The smallest absolute Gasteiger partial charge is 0.163 e. The highest BCUT2D eigenvalue weighted by Gasteiger charge is 2.20. The Morgan fingerprint density at radius 3 is 2.50 bits per heavy atom. The van der Waals surface area contributed by atoms with E-state index in [1.165, 1.54) is 0 Å². The Morgan fingerprint density at radius 1 is 1.50 bits per heavy atom. The Kier molecular flexibility index (Phi) is 4.83. The molecule has 0 aromatic carbocycles. The molecule has 0 bridgehead atoms. The molecule has 0 aromatic rings. The van der Waals surface area contributed by atoms with Crippen LogP contribution in [0.15, 0.2) is 12.7 Å². The predicted octanol–water partition coefficient (Wildman–Crippen LogP) is 2.19. The maximum atomic E-state index is 11.3. The standard InChI is InChI=1S/C10H18O2/c1-5-6-7-12-8-9(11)10(2,3)4/h5H,1,6-8H2,2-4H3. The van der Waals surface area contributed by atoms with Gasteiger partial charge in [-0.05, 0) is 6.42 Å². The minimum atomic E-state index is -0.284. The van der Waals surface area contributed by atoms with Crippen molar-refractivity contribution in [2.24, 2.45) is 5.41 Å². The van der Waals surface area contributed by atoms with Crippen LogP contribution in [0.4, 0.5) is 0 Å². The third kappa shape index (κ3) is 5.08. The first-order valence-corrected chi connectivity index (χ1v) is 4.20. The molecule has 0 aromatic heterocycles. The number of Topliss-reactive ketones (excluding diaryl/α,β-unsaturated/α-hetero) is 1. The summed E-state index contributed by atoms with van der Waals surface area (Å²) in [7, 11) is 0. The molecule has 0 aliphatic heterocycles. The van der Waals surface area contributed by atoms with Gasteiger partial charge in [0.1, 0.15) is 6.61 Å². The van der Waals surface area contributed by atoms with Crippen molar-refractivity contribution in [3.63, 3.8) is 0 Å². The third-order valence-electron chi connectivity index (χ3n) is 1.54. The molecule has 0 N–H and O–H groups in total. The predicted molar refractivity (Wildman–Crippen MR) is 50.1 cm³/mol. The summed E-state index contributed by atoms with van der Waals surface area (Å²) in [6.07, 6.45) is 2.58. The SMILES string of the molecule is C=CCCOCC(=O)C(C)(C)C. The fourth-order valence-corrected chi connectivity index (χ4v) is 0.548. The molecule has 0 aliphatic rings. The van der Waals surface area contributed by atoms with Crippen molar-refractivity contribution in [1.29, 1.82) is 0 Å². The van der Waals surface area contributed by atoms with Gasteiger partial charge >= 0.3 is 0 Å². The van der Waals surface area contributed by atoms with Gasteiger partial charge in [0.2, 0.25) is 0 Å². The maximum Gasteiger partial charge on any atom is 0.163 e. The van der Waals surface area contributed by atoms with Crippen molar-refractivity contribution in [1.82, 2.24) is 0 Å². The van der Waals surface area contributed by atoms with E-state index in [1.807, 2.05) is 20.8 Å². The molecule has 0 amide bonds. The summed E-state index contributed by atoms with van der Waals surface area (Å²) in [4.78, 5) is 11.3. The Labute approximate surface area is 74.6 Å². The molecule has 0 radical (unpaired) electrons. The normalized spacial score (nSPS) is 11.2. The van der Waals surface area contributed by atoms with Crippen molar-refractivity contribution in [2.45, 2.75) is 27.2 Å². The minimum absolute atomic E-state index is 0.145.